The summed E-state index contributed by atoms with van der Waals surface area (Å²) in [7, 11) is 0. The van der Waals surface area contributed by atoms with Crippen LogP contribution in [0.25, 0.3) is 0 Å². The second-order valence-corrected chi connectivity index (χ2v) is 2.80. The van der Waals surface area contributed by atoms with Gasteiger partial charge in [0.1, 0.15) is 0 Å². The van der Waals surface area contributed by atoms with Crippen molar-refractivity contribution in [3.8, 4) is 0 Å². The molecule has 0 radical (unpaired) electrons. The van der Waals surface area contributed by atoms with E-state index < -0.39 is 0 Å². The van der Waals surface area contributed by atoms with Crippen LogP contribution in [-0.4, -0.2) is 36.6 Å². The molecule has 1 rings (SSSR count). The highest BCUT2D eigenvalue weighted by Gasteiger charge is 2.33. The molecule has 1 saturated heterocycles. The molecule has 1 heterocycles. The van der Waals surface area contributed by atoms with E-state index in [1.165, 1.54) is 0 Å². The van der Waals surface area contributed by atoms with Crippen LogP contribution in [0.15, 0.2) is 0 Å². The molecule has 0 aromatic carbocycles. The fourth-order valence-electron chi connectivity index (χ4n) is 1.18. The molecule has 0 N–H and O–H groups in total. The van der Waals surface area contributed by atoms with E-state index in [4.69, 9.17) is 4.74 Å². The van der Waals surface area contributed by atoms with Crippen LogP contribution in [0.2, 0.25) is 0 Å². The molecule has 11 heavy (non-hydrogen) atoms. The molecule has 2 unspecified atom stereocenters. The average Bonchev–Trinajstić information content (AvgIpc) is 2.68. The molecular formula is C8H15NO2. The summed E-state index contributed by atoms with van der Waals surface area (Å²) in [4.78, 5) is 13.0. The molecule has 0 bridgehead atoms. The van der Waals surface area contributed by atoms with E-state index in [1.54, 1.807) is 0 Å². The number of hydrogen-bond acceptors (Lipinski definition) is 3. The van der Waals surface area contributed by atoms with Crippen LogP contribution in [-0.2, 0) is 9.53 Å². The third-order valence-corrected chi connectivity index (χ3v) is 1.94. The largest absolute Gasteiger partial charge is 0.465 e. The van der Waals surface area contributed by atoms with E-state index in [-0.39, 0.29) is 5.97 Å². The van der Waals surface area contributed by atoms with Crippen molar-refractivity contribution >= 4 is 5.97 Å². The Balaban J connectivity index is 2.08. The highest BCUT2D eigenvalue weighted by atomic mass is 16.5. The van der Waals surface area contributed by atoms with Crippen molar-refractivity contribution in [2.75, 3.05) is 19.7 Å². The van der Waals surface area contributed by atoms with Gasteiger partial charge in [0.2, 0.25) is 0 Å². The molecule has 0 aromatic heterocycles. The van der Waals surface area contributed by atoms with Gasteiger partial charge >= 0.3 is 5.97 Å². The summed E-state index contributed by atoms with van der Waals surface area (Å²) in [5.41, 5.74) is 0. The molecule has 1 fully saturated rings. The summed E-state index contributed by atoms with van der Waals surface area (Å²) in [5, 5.41) is 0. The second kappa shape index (κ2) is 3.72. The molecule has 0 amide bonds. The fraction of sp³-hybridized carbons (Fsp3) is 0.875. The Morgan fingerprint density at radius 1 is 1.64 bits per heavy atom. The minimum absolute atomic E-state index is 0.0940. The van der Waals surface area contributed by atoms with Crippen molar-refractivity contribution in [3.63, 3.8) is 0 Å². The Morgan fingerprint density at radius 2 is 2.36 bits per heavy atom. The van der Waals surface area contributed by atoms with Crippen molar-refractivity contribution in [3.05, 3.63) is 0 Å². The molecule has 2 atom stereocenters. The van der Waals surface area contributed by atoms with Crippen LogP contribution in [0.1, 0.15) is 20.3 Å². The van der Waals surface area contributed by atoms with Crippen LogP contribution in [0.4, 0.5) is 0 Å². The van der Waals surface area contributed by atoms with E-state index in [9.17, 15) is 4.79 Å². The molecule has 1 aliphatic heterocycles. The zero-order valence-corrected chi connectivity index (χ0v) is 7.17. The molecule has 0 aliphatic carbocycles. The van der Waals surface area contributed by atoms with Crippen molar-refractivity contribution in [2.45, 2.75) is 26.3 Å². The van der Waals surface area contributed by atoms with Gasteiger partial charge in [0.05, 0.1) is 13.2 Å². The van der Waals surface area contributed by atoms with Crippen LogP contribution in [0, 0.1) is 0 Å². The summed E-state index contributed by atoms with van der Waals surface area (Å²) in [6.07, 6.45) is 1.14. The molecule has 3 heteroatoms. The lowest BCUT2D eigenvalue weighted by Gasteiger charge is -2.01. The Labute approximate surface area is 67.3 Å². The van der Waals surface area contributed by atoms with Gasteiger partial charge in [-0.3, -0.25) is 9.69 Å². The number of rotatable bonds is 4. The summed E-state index contributed by atoms with van der Waals surface area (Å²) < 4.78 is 4.80. The summed E-state index contributed by atoms with van der Waals surface area (Å²) in [5.74, 6) is -0.0940. The van der Waals surface area contributed by atoms with Crippen molar-refractivity contribution < 1.29 is 9.53 Å². The standard InChI is InChI=1S/C8H15NO2/c1-3-7-5-9(7)6-8(10)11-4-2/h7H,3-6H2,1-2H3. The lowest BCUT2D eigenvalue weighted by Crippen LogP contribution is -2.17. The van der Waals surface area contributed by atoms with Crippen molar-refractivity contribution in [1.29, 1.82) is 0 Å². The predicted octanol–water partition coefficient (Wildman–Crippen LogP) is 0.644. The highest BCUT2D eigenvalue weighted by Crippen LogP contribution is 2.19. The number of carbonyl (C=O) groups excluding carboxylic acids is 1. The Morgan fingerprint density at radius 3 is 2.82 bits per heavy atom. The van der Waals surface area contributed by atoms with Gasteiger partial charge in [0, 0.05) is 12.6 Å². The van der Waals surface area contributed by atoms with E-state index >= 15 is 0 Å². The van der Waals surface area contributed by atoms with Crippen LogP contribution in [0.5, 0.6) is 0 Å². The van der Waals surface area contributed by atoms with Gasteiger partial charge in [-0.1, -0.05) is 6.92 Å². The molecule has 0 aromatic rings. The number of hydrogen-bond donors (Lipinski definition) is 0. The molecular weight excluding hydrogens is 142 g/mol. The quantitative estimate of drug-likeness (QED) is 0.443. The van der Waals surface area contributed by atoms with Crippen LogP contribution >= 0.6 is 0 Å². The van der Waals surface area contributed by atoms with Gasteiger partial charge in [0.25, 0.3) is 0 Å². The fourth-order valence-corrected chi connectivity index (χ4v) is 1.18. The zero-order valence-electron chi connectivity index (χ0n) is 7.17. The third kappa shape index (κ3) is 2.50. The van der Waals surface area contributed by atoms with E-state index in [2.05, 4.69) is 11.8 Å². The van der Waals surface area contributed by atoms with Crippen LogP contribution in [0.3, 0.4) is 0 Å². The zero-order chi connectivity index (χ0) is 8.27. The lowest BCUT2D eigenvalue weighted by molar-refractivity contribution is -0.143. The third-order valence-electron chi connectivity index (χ3n) is 1.94. The lowest BCUT2D eigenvalue weighted by atomic mass is 10.4. The van der Waals surface area contributed by atoms with E-state index in [0.717, 1.165) is 13.0 Å². The number of esters is 1. The summed E-state index contributed by atoms with van der Waals surface area (Å²) in [6, 6.07) is 0.638. The van der Waals surface area contributed by atoms with Gasteiger partial charge in [0.15, 0.2) is 0 Å². The Hall–Kier alpha value is -0.570. The first-order chi connectivity index (χ1) is 5.27. The Kier molecular flexibility index (Phi) is 2.88. The predicted molar refractivity (Wildman–Crippen MR) is 42.3 cm³/mol. The monoisotopic (exact) mass is 157 g/mol. The first-order valence-electron chi connectivity index (χ1n) is 4.17. The Bertz CT molecular complexity index is 147. The van der Waals surface area contributed by atoms with E-state index in [1.807, 2.05) is 6.92 Å². The maximum Gasteiger partial charge on any atom is 0.320 e. The van der Waals surface area contributed by atoms with Gasteiger partial charge in [-0.2, -0.15) is 0 Å². The van der Waals surface area contributed by atoms with Crippen LogP contribution < -0.4 is 0 Å². The first-order valence-corrected chi connectivity index (χ1v) is 4.17. The number of carbonyl (C=O) groups is 1. The highest BCUT2D eigenvalue weighted by molar-refractivity contribution is 5.72. The molecule has 0 spiro atoms. The summed E-state index contributed by atoms with van der Waals surface area (Å²) >= 11 is 0. The van der Waals surface area contributed by atoms with Crippen molar-refractivity contribution in [1.82, 2.24) is 4.90 Å². The smallest absolute Gasteiger partial charge is 0.320 e. The van der Waals surface area contributed by atoms with Gasteiger partial charge in [-0.15, -0.1) is 0 Å². The minimum Gasteiger partial charge on any atom is -0.465 e. The maximum absolute atomic E-state index is 10.9. The van der Waals surface area contributed by atoms with Crippen molar-refractivity contribution in [2.24, 2.45) is 0 Å². The van der Waals surface area contributed by atoms with Gasteiger partial charge < -0.3 is 4.74 Å². The normalized spacial score (nSPS) is 28.2. The first kappa shape index (κ1) is 8.53. The number of ether oxygens (including phenoxy) is 1. The topological polar surface area (TPSA) is 29.3 Å². The second-order valence-electron chi connectivity index (χ2n) is 2.80. The van der Waals surface area contributed by atoms with E-state index in [0.29, 0.717) is 19.2 Å². The van der Waals surface area contributed by atoms with Gasteiger partial charge in [-0.05, 0) is 13.3 Å². The number of nitrogens with zero attached hydrogens (tertiary/aromatic N) is 1. The SMILES string of the molecule is CCOC(=O)CN1CC1CC. The average molecular weight is 157 g/mol. The molecule has 64 valence electrons. The molecule has 1 aliphatic rings. The van der Waals surface area contributed by atoms with Gasteiger partial charge in [-0.25, -0.2) is 0 Å². The molecule has 3 nitrogen and oxygen atoms in total. The summed E-state index contributed by atoms with van der Waals surface area (Å²) in [6.45, 7) is 6.00. The minimum atomic E-state index is -0.0940. The molecule has 0 saturated carbocycles. The maximum atomic E-state index is 10.9.